The van der Waals surface area contributed by atoms with Crippen molar-refractivity contribution in [3.05, 3.63) is 57.4 Å². The summed E-state index contributed by atoms with van der Waals surface area (Å²) in [6, 6.07) is 4.86. The average Bonchev–Trinajstić information content (AvgIpc) is 3.12. The molecule has 5 N–H and O–H groups in total. The van der Waals surface area contributed by atoms with Gasteiger partial charge in [0.15, 0.2) is 0 Å². The topological polar surface area (TPSA) is 115 Å². The number of rotatable bonds is 6. The molecule has 0 radical (unpaired) electrons. The summed E-state index contributed by atoms with van der Waals surface area (Å²) < 4.78 is 39.4. The van der Waals surface area contributed by atoms with Gasteiger partial charge in [0.05, 0.1) is 6.42 Å². The quantitative estimate of drug-likeness (QED) is 0.346. The lowest BCUT2D eigenvalue weighted by Gasteiger charge is -2.35. The number of aliphatic imine (C=N–C) groups is 1. The van der Waals surface area contributed by atoms with Gasteiger partial charge in [-0.25, -0.2) is 9.98 Å². The first-order valence-electron chi connectivity index (χ1n) is 9.80. The molecule has 1 aromatic carbocycles. The van der Waals surface area contributed by atoms with Crippen LogP contribution in [0.3, 0.4) is 0 Å². The highest BCUT2D eigenvalue weighted by Gasteiger charge is 2.46. The summed E-state index contributed by atoms with van der Waals surface area (Å²) in [6.45, 7) is 1.91. The molecular weight excluding hydrogens is 441 g/mol. The van der Waals surface area contributed by atoms with Crippen LogP contribution in [-0.4, -0.2) is 28.4 Å². The van der Waals surface area contributed by atoms with Crippen LogP contribution in [-0.2, 0) is 11.2 Å². The number of aromatic nitrogens is 1. The molecule has 0 saturated carbocycles. The number of benzene rings is 1. The minimum atomic E-state index is -4.50. The summed E-state index contributed by atoms with van der Waals surface area (Å²) in [5.41, 5.74) is 11.4. The first-order valence-corrected chi connectivity index (χ1v) is 10.6. The number of hydrogen-bond acceptors (Lipinski definition) is 6. The molecule has 0 amide bonds. The molecule has 1 aliphatic rings. The van der Waals surface area contributed by atoms with E-state index in [0.29, 0.717) is 33.1 Å². The van der Waals surface area contributed by atoms with Crippen LogP contribution in [0.5, 0.6) is 0 Å². The minimum absolute atomic E-state index is 0.0100. The summed E-state index contributed by atoms with van der Waals surface area (Å²) in [7, 11) is 0. The van der Waals surface area contributed by atoms with E-state index in [0.717, 1.165) is 4.88 Å². The summed E-state index contributed by atoms with van der Waals surface area (Å²) in [5.74, 6) is -0.184. The largest absolute Gasteiger partial charge is 0.511 e. The van der Waals surface area contributed by atoms with E-state index in [2.05, 4.69) is 9.98 Å². The Balaban J connectivity index is 1.96. The molecule has 1 heterocycles. The molecule has 3 rings (SSSR count). The zero-order valence-corrected chi connectivity index (χ0v) is 18.1. The predicted octanol–water partition coefficient (Wildman–Crippen LogP) is 2.90. The Morgan fingerprint density at radius 3 is 2.72 bits per heavy atom. The third-order valence-electron chi connectivity index (χ3n) is 5.35. The Hall–Kier alpha value is -3.14. The predicted molar refractivity (Wildman–Crippen MR) is 119 cm³/mol. The maximum absolute atomic E-state index is 13.1. The number of hydrogen-bond donors (Lipinski definition) is 3. The summed E-state index contributed by atoms with van der Waals surface area (Å²) in [5, 5.41) is 12.1. The van der Waals surface area contributed by atoms with Gasteiger partial charge in [0.25, 0.3) is 0 Å². The van der Waals surface area contributed by atoms with Crippen molar-refractivity contribution in [2.24, 2.45) is 21.9 Å². The highest BCUT2D eigenvalue weighted by atomic mass is 32.1. The Labute approximate surface area is 186 Å². The van der Waals surface area contributed by atoms with Gasteiger partial charge in [-0.2, -0.15) is 13.2 Å². The number of aliphatic hydroxyl groups excluding tert-OH is 1. The highest BCUT2D eigenvalue weighted by Crippen LogP contribution is 2.45. The molecule has 1 aliphatic carbocycles. The Morgan fingerprint density at radius 1 is 1.34 bits per heavy atom. The molecule has 2 aromatic rings. The van der Waals surface area contributed by atoms with Crippen molar-refractivity contribution in [1.29, 1.82) is 0 Å². The lowest BCUT2D eigenvalue weighted by molar-refractivity contribution is -0.156. The SMILES string of the molecule is Cc1cnc(N=C(N)C=CC(N)=c2ccc3c(c2)CCC(CC=O)(CC(F)(F)F)C=3O)s1. The first-order chi connectivity index (χ1) is 15.0. The van der Waals surface area contributed by atoms with Crippen molar-refractivity contribution in [3.8, 4) is 0 Å². The third-order valence-corrected chi connectivity index (χ3v) is 6.16. The van der Waals surface area contributed by atoms with Crippen molar-refractivity contribution in [3.63, 3.8) is 0 Å². The van der Waals surface area contributed by atoms with Crippen LogP contribution in [0.4, 0.5) is 18.3 Å². The van der Waals surface area contributed by atoms with Crippen LogP contribution in [0.25, 0.3) is 11.5 Å². The second-order valence-corrected chi connectivity index (χ2v) is 8.96. The normalized spacial score (nSPS) is 20.4. The number of thiazole rings is 1. The molecule has 0 fully saturated rings. The third kappa shape index (κ3) is 5.37. The van der Waals surface area contributed by atoms with E-state index < -0.39 is 30.2 Å². The number of amidine groups is 1. The monoisotopic (exact) mass is 464 g/mol. The van der Waals surface area contributed by atoms with Crippen LogP contribution in [0.2, 0.25) is 0 Å². The molecule has 0 aliphatic heterocycles. The molecule has 1 aromatic heterocycles. The van der Waals surface area contributed by atoms with Gasteiger partial charge in [-0.15, -0.1) is 11.3 Å². The zero-order chi connectivity index (χ0) is 23.5. The maximum atomic E-state index is 13.1. The Morgan fingerprint density at radius 2 is 2.09 bits per heavy atom. The van der Waals surface area contributed by atoms with Crippen molar-refractivity contribution in [1.82, 2.24) is 4.98 Å². The van der Waals surface area contributed by atoms with E-state index in [1.807, 2.05) is 6.92 Å². The number of carbonyl (C=O) groups is 1. The number of fused-ring (bicyclic) bond motifs is 1. The smallest absolute Gasteiger partial charge is 0.390 e. The summed E-state index contributed by atoms with van der Waals surface area (Å²) in [6.07, 6.45) is -0.627. The fourth-order valence-electron chi connectivity index (χ4n) is 3.79. The molecule has 10 heteroatoms. The molecule has 0 spiro atoms. The average molecular weight is 465 g/mol. The van der Waals surface area contributed by atoms with Crippen LogP contribution >= 0.6 is 11.3 Å². The molecular formula is C22H23F3N4O2S. The van der Waals surface area contributed by atoms with Crippen molar-refractivity contribution >= 4 is 40.0 Å². The lowest BCUT2D eigenvalue weighted by Crippen LogP contribution is -2.39. The number of nitrogens with two attached hydrogens (primary N) is 2. The number of aldehydes is 1. The van der Waals surface area contributed by atoms with Gasteiger partial charge in [-0.1, -0.05) is 12.1 Å². The highest BCUT2D eigenvalue weighted by molar-refractivity contribution is 7.15. The van der Waals surface area contributed by atoms with Gasteiger partial charge < -0.3 is 21.4 Å². The maximum Gasteiger partial charge on any atom is 0.390 e. The fourth-order valence-corrected chi connectivity index (χ4v) is 4.44. The molecule has 0 saturated heterocycles. The van der Waals surface area contributed by atoms with Crippen LogP contribution in [0.15, 0.2) is 41.5 Å². The molecule has 170 valence electrons. The second-order valence-electron chi connectivity index (χ2n) is 7.74. The molecule has 0 bridgehead atoms. The fraction of sp³-hybridized carbons (Fsp3) is 0.318. The number of aliphatic hydroxyl groups is 1. The lowest BCUT2D eigenvalue weighted by atomic mass is 9.71. The van der Waals surface area contributed by atoms with E-state index in [1.54, 1.807) is 24.4 Å². The molecule has 6 nitrogen and oxygen atoms in total. The van der Waals surface area contributed by atoms with E-state index in [9.17, 15) is 23.1 Å². The van der Waals surface area contributed by atoms with E-state index in [1.165, 1.54) is 23.5 Å². The standard InChI is InChI=1S/C22H23F3N4O2S/c1-13-11-28-20(32-13)29-18(27)5-4-17(26)15-2-3-16-14(10-15)6-7-21(8-9-30,19(16)31)12-22(23,24)25/h2-5,9-11,31H,6-8,12,26H2,1H3,(H2,27,28,29). The molecule has 1 unspecified atom stereocenters. The first kappa shape index (κ1) is 23.5. The van der Waals surface area contributed by atoms with Gasteiger partial charge in [0.2, 0.25) is 5.13 Å². The van der Waals surface area contributed by atoms with Crippen molar-refractivity contribution in [2.45, 2.75) is 38.8 Å². The Bertz CT molecular complexity index is 1200. The van der Waals surface area contributed by atoms with Gasteiger partial charge in [-0.05, 0) is 48.8 Å². The van der Waals surface area contributed by atoms with Crippen LogP contribution in [0.1, 0.15) is 29.7 Å². The number of nitrogens with zero attached hydrogens (tertiary/aromatic N) is 2. The van der Waals surface area contributed by atoms with Gasteiger partial charge in [0, 0.05) is 33.8 Å². The van der Waals surface area contributed by atoms with Gasteiger partial charge >= 0.3 is 6.18 Å². The van der Waals surface area contributed by atoms with Gasteiger partial charge in [0.1, 0.15) is 17.9 Å². The number of alkyl halides is 3. The summed E-state index contributed by atoms with van der Waals surface area (Å²) >= 11 is 1.40. The second kappa shape index (κ2) is 9.15. The zero-order valence-electron chi connectivity index (χ0n) is 17.3. The van der Waals surface area contributed by atoms with E-state index in [-0.39, 0.29) is 18.7 Å². The van der Waals surface area contributed by atoms with Crippen molar-refractivity contribution < 1.29 is 23.1 Å². The number of aryl methyl sites for hydroxylation is 2. The van der Waals surface area contributed by atoms with Crippen LogP contribution in [0, 0.1) is 12.3 Å². The Kier molecular flexibility index (Phi) is 6.73. The number of carbonyl (C=O) groups excluding carboxylic acids is 1. The molecule has 32 heavy (non-hydrogen) atoms. The molecule has 1 atom stereocenters. The summed E-state index contributed by atoms with van der Waals surface area (Å²) in [4.78, 5) is 20.4. The van der Waals surface area contributed by atoms with E-state index >= 15 is 0 Å². The van der Waals surface area contributed by atoms with Gasteiger partial charge in [-0.3, -0.25) is 0 Å². The van der Waals surface area contributed by atoms with E-state index in [4.69, 9.17) is 11.5 Å². The number of halogens is 3. The minimum Gasteiger partial charge on any atom is -0.511 e. The van der Waals surface area contributed by atoms with Crippen LogP contribution < -0.4 is 21.9 Å². The van der Waals surface area contributed by atoms with Crippen molar-refractivity contribution in [2.75, 3.05) is 0 Å².